The minimum Gasteiger partial charge on any atom is -0.369 e. The second kappa shape index (κ2) is 6.92. The first-order valence-electron chi connectivity index (χ1n) is 9.06. The highest BCUT2D eigenvalue weighted by atomic mass is 32.2. The average Bonchev–Trinajstić information content (AvgIpc) is 3.14. The maximum atomic E-state index is 13.0. The van der Waals surface area contributed by atoms with Gasteiger partial charge in [0, 0.05) is 32.8 Å². The Bertz CT molecular complexity index is 777. The van der Waals surface area contributed by atoms with Crippen molar-refractivity contribution in [1.82, 2.24) is 9.21 Å². The molecule has 0 N–H and O–H groups in total. The fraction of sp³-hybridized carbons (Fsp3) is 0.611. The molecule has 1 aromatic rings. The molecular weight excluding hydrogens is 356 g/mol. The number of nitrogens with zero attached hydrogens (tertiary/aromatic N) is 2. The Morgan fingerprint density at radius 1 is 1.15 bits per heavy atom. The molecule has 1 aromatic carbocycles. The molecule has 3 atom stereocenters. The molecule has 3 unspecified atom stereocenters. The standard InChI is InChI=1S/C18H24N2O5S/c1-13-4-2-5-16(8-13)26(22,23)20-11-14-9-19(10-15(12-20)25-14)18(21)17-6-3-7-24-17/h2,4-5,8,14-15,17H,3,6-7,9-12H2,1H3. The number of ether oxygens (including phenoxy) is 2. The van der Waals surface area contributed by atoms with E-state index in [9.17, 15) is 13.2 Å². The predicted molar refractivity (Wildman–Crippen MR) is 94.2 cm³/mol. The van der Waals surface area contributed by atoms with Crippen molar-refractivity contribution >= 4 is 15.9 Å². The average molecular weight is 380 g/mol. The molecule has 3 heterocycles. The summed E-state index contributed by atoms with van der Waals surface area (Å²) in [7, 11) is -3.55. The highest BCUT2D eigenvalue weighted by Crippen LogP contribution is 2.26. The number of morpholine rings is 2. The first kappa shape index (κ1) is 17.9. The molecule has 3 aliphatic rings. The van der Waals surface area contributed by atoms with Gasteiger partial charge >= 0.3 is 0 Å². The van der Waals surface area contributed by atoms with Gasteiger partial charge in [-0.1, -0.05) is 12.1 Å². The molecule has 3 fully saturated rings. The molecule has 4 rings (SSSR count). The Morgan fingerprint density at radius 3 is 2.50 bits per heavy atom. The molecule has 142 valence electrons. The molecule has 0 spiro atoms. The Kier molecular flexibility index (Phi) is 4.77. The quantitative estimate of drug-likeness (QED) is 0.774. The van der Waals surface area contributed by atoms with Crippen molar-refractivity contribution in [3.05, 3.63) is 29.8 Å². The van der Waals surface area contributed by atoms with Crippen LogP contribution < -0.4 is 0 Å². The van der Waals surface area contributed by atoms with Crippen LogP contribution in [0.5, 0.6) is 0 Å². The van der Waals surface area contributed by atoms with E-state index in [2.05, 4.69) is 0 Å². The number of hydrogen-bond donors (Lipinski definition) is 0. The Balaban J connectivity index is 1.47. The first-order chi connectivity index (χ1) is 12.4. The molecule has 8 heteroatoms. The number of hydrogen-bond acceptors (Lipinski definition) is 5. The van der Waals surface area contributed by atoms with Crippen LogP contribution in [-0.4, -0.2) is 74.6 Å². The van der Waals surface area contributed by atoms with Crippen LogP contribution in [0.4, 0.5) is 0 Å². The number of benzene rings is 1. The lowest BCUT2D eigenvalue weighted by molar-refractivity contribution is -0.162. The third-order valence-electron chi connectivity index (χ3n) is 5.19. The SMILES string of the molecule is Cc1cccc(S(=O)(=O)N2CC3CN(C(=O)C4CCCO4)CC(C2)O3)c1. The van der Waals surface area contributed by atoms with Crippen LogP contribution >= 0.6 is 0 Å². The van der Waals surface area contributed by atoms with Gasteiger partial charge in [0.2, 0.25) is 10.0 Å². The van der Waals surface area contributed by atoms with Crippen molar-refractivity contribution in [2.45, 2.75) is 43.0 Å². The van der Waals surface area contributed by atoms with E-state index in [4.69, 9.17) is 9.47 Å². The summed E-state index contributed by atoms with van der Waals surface area (Å²) < 4.78 is 38.8. The summed E-state index contributed by atoms with van der Waals surface area (Å²) >= 11 is 0. The number of rotatable bonds is 3. The minimum absolute atomic E-state index is 0.00999. The number of aryl methyl sites for hydroxylation is 1. The lowest BCUT2D eigenvalue weighted by Crippen LogP contribution is -2.62. The lowest BCUT2D eigenvalue weighted by atomic mass is 10.1. The van der Waals surface area contributed by atoms with Crippen LogP contribution in [0.25, 0.3) is 0 Å². The van der Waals surface area contributed by atoms with Gasteiger partial charge in [-0.3, -0.25) is 4.79 Å². The molecule has 3 saturated heterocycles. The summed E-state index contributed by atoms with van der Waals surface area (Å²) in [6.45, 7) is 3.87. The van der Waals surface area contributed by atoms with Crippen molar-refractivity contribution in [1.29, 1.82) is 0 Å². The monoisotopic (exact) mass is 380 g/mol. The van der Waals surface area contributed by atoms with Crippen molar-refractivity contribution in [3.8, 4) is 0 Å². The number of amides is 1. The fourth-order valence-corrected chi connectivity index (χ4v) is 5.54. The van der Waals surface area contributed by atoms with E-state index in [-0.39, 0.29) is 37.3 Å². The van der Waals surface area contributed by atoms with Crippen molar-refractivity contribution in [2.24, 2.45) is 0 Å². The Labute approximate surface area is 153 Å². The molecule has 26 heavy (non-hydrogen) atoms. The topological polar surface area (TPSA) is 76.2 Å². The zero-order chi connectivity index (χ0) is 18.3. The van der Waals surface area contributed by atoms with Crippen molar-refractivity contribution in [2.75, 3.05) is 32.8 Å². The third kappa shape index (κ3) is 3.38. The maximum absolute atomic E-state index is 13.0. The van der Waals surface area contributed by atoms with Gasteiger partial charge in [-0.05, 0) is 37.5 Å². The van der Waals surface area contributed by atoms with E-state index in [1.165, 1.54) is 4.31 Å². The van der Waals surface area contributed by atoms with Crippen molar-refractivity contribution in [3.63, 3.8) is 0 Å². The number of fused-ring (bicyclic) bond motifs is 2. The molecule has 0 saturated carbocycles. The smallest absolute Gasteiger partial charge is 0.251 e. The highest BCUT2D eigenvalue weighted by molar-refractivity contribution is 7.89. The van der Waals surface area contributed by atoms with Gasteiger partial charge in [-0.15, -0.1) is 0 Å². The number of sulfonamides is 1. The Morgan fingerprint density at radius 2 is 1.88 bits per heavy atom. The minimum atomic E-state index is -3.55. The molecule has 3 aliphatic heterocycles. The van der Waals surface area contributed by atoms with E-state index in [0.717, 1.165) is 18.4 Å². The zero-order valence-corrected chi connectivity index (χ0v) is 15.7. The van der Waals surface area contributed by atoms with Gasteiger partial charge < -0.3 is 14.4 Å². The maximum Gasteiger partial charge on any atom is 0.251 e. The molecule has 0 radical (unpaired) electrons. The van der Waals surface area contributed by atoms with Crippen LogP contribution in [0.1, 0.15) is 18.4 Å². The van der Waals surface area contributed by atoms with E-state index in [1.807, 2.05) is 13.0 Å². The predicted octanol–water partition coefficient (Wildman–Crippen LogP) is 0.774. The fourth-order valence-electron chi connectivity index (χ4n) is 3.93. The van der Waals surface area contributed by atoms with Gasteiger partial charge in [-0.2, -0.15) is 4.31 Å². The van der Waals surface area contributed by atoms with E-state index >= 15 is 0 Å². The normalized spacial score (nSPS) is 29.7. The number of carbonyl (C=O) groups is 1. The van der Waals surface area contributed by atoms with Crippen LogP contribution in [-0.2, 0) is 24.3 Å². The highest BCUT2D eigenvalue weighted by Gasteiger charge is 2.42. The van der Waals surface area contributed by atoms with Crippen LogP contribution in [0.15, 0.2) is 29.2 Å². The summed E-state index contributed by atoms with van der Waals surface area (Å²) in [6.07, 6.45) is 0.732. The summed E-state index contributed by atoms with van der Waals surface area (Å²) in [5.41, 5.74) is 0.910. The Hall–Kier alpha value is -1.48. The largest absolute Gasteiger partial charge is 0.369 e. The molecular formula is C18H24N2O5S. The van der Waals surface area contributed by atoms with E-state index in [1.54, 1.807) is 23.1 Å². The van der Waals surface area contributed by atoms with Crippen molar-refractivity contribution < 1.29 is 22.7 Å². The van der Waals surface area contributed by atoms with Crippen LogP contribution in [0.3, 0.4) is 0 Å². The first-order valence-corrected chi connectivity index (χ1v) is 10.5. The van der Waals surface area contributed by atoms with Gasteiger partial charge in [0.25, 0.3) is 5.91 Å². The van der Waals surface area contributed by atoms with Gasteiger partial charge in [0.1, 0.15) is 6.10 Å². The summed E-state index contributed by atoms with van der Waals surface area (Å²) in [6, 6.07) is 6.95. The molecule has 2 bridgehead atoms. The lowest BCUT2D eigenvalue weighted by Gasteiger charge is -2.45. The molecule has 0 aromatic heterocycles. The summed E-state index contributed by atoms with van der Waals surface area (Å²) in [5.74, 6) is 0.00999. The molecule has 7 nitrogen and oxygen atoms in total. The van der Waals surface area contributed by atoms with E-state index in [0.29, 0.717) is 24.6 Å². The van der Waals surface area contributed by atoms with Gasteiger partial charge in [-0.25, -0.2) is 8.42 Å². The zero-order valence-electron chi connectivity index (χ0n) is 14.8. The summed E-state index contributed by atoms with van der Waals surface area (Å²) in [5, 5.41) is 0. The van der Waals surface area contributed by atoms with E-state index < -0.39 is 10.0 Å². The molecule has 1 amide bonds. The second-order valence-electron chi connectivity index (χ2n) is 7.26. The number of carbonyl (C=O) groups excluding carboxylic acids is 1. The second-order valence-corrected chi connectivity index (χ2v) is 9.20. The molecule has 0 aliphatic carbocycles. The summed E-state index contributed by atoms with van der Waals surface area (Å²) in [4.78, 5) is 14.7. The van der Waals surface area contributed by atoms with Gasteiger partial charge in [0.15, 0.2) is 0 Å². The third-order valence-corrected chi connectivity index (χ3v) is 7.02. The van der Waals surface area contributed by atoms with Gasteiger partial charge in [0.05, 0.1) is 17.1 Å². The van der Waals surface area contributed by atoms with Crippen LogP contribution in [0.2, 0.25) is 0 Å². The van der Waals surface area contributed by atoms with Crippen LogP contribution in [0, 0.1) is 6.92 Å².